The molecule has 6 heteroatoms. The predicted octanol–water partition coefficient (Wildman–Crippen LogP) is 0.513. The highest BCUT2D eigenvalue weighted by atomic mass is 16.5. The van der Waals surface area contributed by atoms with Crippen molar-refractivity contribution in [1.29, 1.82) is 0 Å². The lowest BCUT2D eigenvalue weighted by Gasteiger charge is -2.36. The number of carbonyl (C=O) groups excluding carboxylic acids is 1. The maximum absolute atomic E-state index is 12.4. The van der Waals surface area contributed by atoms with E-state index in [0.717, 1.165) is 0 Å². The standard InChI is InChI=1S/C12H18N2O4/c1-7-6-17-10(5-15)4-14(7)12(16)11-8(2)13-9(3)18-11/h7,10,15H,4-6H2,1-3H3. The Hall–Kier alpha value is -1.40. The minimum absolute atomic E-state index is 0.0369. The largest absolute Gasteiger partial charge is 0.436 e. The fourth-order valence-corrected chi connectivity index (χ4v) is 2.07. The van der Waals surface area contributed by atoms with Crippen molar-refractivity contribution in [3.63, 3.8) is 0 Å². The normalized spacial score (nSPS) is 24.3. The van der Waals surface area contributed by atoms with Crippen molar-refractivity contribution in [3.8, 4) is 0 Å². The van der Waals surface area contributed by atoms with Crippen molar-refractivity contribution in [2.45, 2.75) is 32.9 Å². The average molecular weight is 254 g/mol. The molecular formula is C12H18N2O4. The molecule has 2 rings (SSSR count). The maximum atomic E-state index is 12.4. The third-order valence-corrected chi connectivity index (χ3v) is 3.07. The summed E-state index contributed by atoms with van der Waals surface area (Å²) in [5.41, 5.74) is 0.594. The van der Waals surface area contributed by atoms with Crippen molar-refractivity contribution >= 4 is 5.91 Å². The number of aliphatic hydroxyl groups excluding tert-OH is 1. The molecule has 1 amide bonds. The number of amides is 1. The molecule has 1 aromatic rings. The first-order valence-corrected chi connectivity index (χ1v) is 6.00. The van der Waals surface area contributed by atoms with E-state index in [2.05, 4.69) is 4.98 Å². The summed E-state index contributed by atoms with van der Waals surface area (Å²) in [4.78, 5) is 18.1. The molecule has 0 spiro atoms. The van der Waals surface area contributed by atoms with Gasteiger partial charge in [-0.3, -0.25) is 4.79 Å². The van der Waals surface area contributed by atoms with E-state index in [1.54, 1.807) is 18.7 Å². The molecule has 1 aromatic heterocycles. The van der Waals surface area contributed by atoms with Gasteiger partial charge in [-0.05, 0) is 13.8 Å². The zero-order valence-corrected chi connectivity index (χ0v) is 10.8. The van der Waals surface area contributed by atoms with E-state index in [0.29, 0.717) is 24.7 Å². The van der Waals surface area contributed by atoms with E-state index in [9.17, 15) is 4.79 Å². The van der Waals surface area contributed by atoms with Crippen molar-refractivity contribution < 1.29 is 19.1 Å². The molecule has 0 saturated carbocycles. The van der Waals surface area contributed by atoms with Crippen molar-refractivity contribution in [3.05, 3.63) is 17.3 Å². The van der Waals surface area contributed by atoms with Gasteiger partial charge in [-0.2, -0.15) is 0 Å². The van der Waals surface area contributed by atoms with Gasteiger partial charge in [0.2, 0.25) is 5.76 Å². The van der Waals surface area contributed by atoms with Crippen LogP contribution in [0.4, 0.5) is 0 Å². The molecule has 18 heavy (non-hydrogen) atoms. The molecule has 0 radical (unpaired) electrons. The minimum Gasteiger partial charge on any atom is -0.436 e. The fourth-order valence-electron chi connectivity index (χ4n) is 2.07. The lowest BCUT2D eigenvalue weighted by atomic mass is 10.2. The Morgan fingerprint density at radius 1 is 1.56 bits per heavy atom. The van der Waals surface area contributed by atoms with Crippen LogP contribution in [0.25, 0.3) is 0 Å². The summed E-state index contributed by atoms with van der Waals surface area (Å²) >= 11 is 0. The summed E-state index contributed by atoms with van der Waals surface area (Å²) in [6.45, 7) is 6.06. The maximum Gasteiger partial charge on any atom is 0.291 e. The lowest BCUT2D eigenvalue weighted by Crippen LogP contribution is -2.52. The molecule has 0 bridgehead atoms. The van der Waals surface area contributed by atoms with Gasteiger partial charge < -0.3 is 19.2 Å². The monoisotopic (exact) mass is 254 g/mol. The van der Waals surface area contributed by atoms with E-state index in [4.69, 9.17) is 14.3 Å². The van der Waals surface area contributed by atoms with Crippen LogP contribution in [0.3, 0.4) is 0 Å². The molecular weight excluding hydrogens is 236 g/mol. The number of rotatable bonds is 2. The van der Waals surface area contributed by atoms with Gasteiger partial charge in [0.25, 0.3) is 5.91 Å². The highest BCUT2D eigenvalue weighted by Crippen LogP contribution is 2.18. The van der Waals surface area contributed by atoms with Gasteiger partial charge in [0, 0.05) is 13.5 Å². The van der Waals surface area contributed by atoms with Crippen LogP contribution in [0.2, 0.25) is 0 Å². The van der Waals surface area contributed by atoms with E-state index in [-0.39, 0.29) is 30.4 Å². The van der Waals surface area contributed by atoms with Crippen LogP contribution in [-0.2, 0) is 4.74 Å². The third kappa shape index (κ3) is 2.39. The Bertz CT molecular complexity index is 443. The lowest BCUT2D eigenvalue weighted by molar-refractivity contribution is -0.0674. The number of carbonyl (C=O) groups is 1. The van der Waals surface area contributed by atoms with Gasteiger partial charge in [0.05, 0.1) is 31.1 Å². The summed E-state index contributed by atoms with van der Waals surface area (Å²) in [6.07, 6.45) is -0.325. The van der Waals surface area contributed by atoms with E-state index >= 15 is 0 Å². The number of nitrogens with zero attached hydrogens (tertiary/aromatic N) is 2. The number of ether oxygens (including phenoxy) is 1. The predicted molar refractivity (Wildman–Crippen MR) is 63.3 cm³/mol. The first-order valence-electron chi connectivity index (χ1n) is 6.00. The highest BCUT2D eigenvalue weighted by molar-refractivity contribution is 5.92. The molecule has 0 aliphatic carbocycles. The molecule has 2 atom stereocenters. The Kier molecular flexibility index (Phi) is 3.68. The van der Waals surface area contributed by atoms with Crippen LogP contribution in [0, 0.1) is 13.8 Å². The third-order valence-electron chi connectivity index (χ3n) is 3.07. The quantitative estimate of drug-likeness (QED) is 0.832. The van der Waals surface area contributed by atoms with Crippen LogP contribution in [-0.4, -0.2) is 52.8 Å². The van der Waals surface area contributed by atoms with Gasteiger partial charge in [-0.15, -0.1) is 0 Å². The number of oxazole rings is 1. The molecule has 1 saturated heterocycles. The Labute approximate surface area is 106 Å². The molecule has 1 aliphatic rings. The zero-order valence-electron chi connectivity index (χ0n) is 10.8. The average Bonchev–Trinajstić information content (AvgIpc) is 2.68. The molecule has 6 nitrogen and oxygen atoms in total. The molecule has 1 N–H and O–H groups in total. The molecule has 2 unspecified atom stereocenters. The van der Waals surface area contributed by atoms with Gasteiger partial charge in [-0.25, -0.2) is 4.98 Å². The molecule has 1 fully saturated rings. The SMILES string of the molecule is Cc1nc(C)c(C(=O)N2CC(CO)OCC2C)o1. The van der Waals surface area contributed by atoms with Crippen molar-refractivity contribution in [1.82, 2.24) is 9.88 Å². The number of hydrogen-bond acceptors (Lipinski definition) is 5. The zero-order chi connectivity index (χ0) is 13.3. The summed E-state index contributed by atoms with van der Waals surface area (Å²) in [6, 6.07) is -0.0369. The first kappa shape index (κ1) is 13.0. The Balaban J connectivity index is 2.19. The molecule has 100 valence electrons. The number of aryl methyl sites for hydroxylation is 2. The van der Waals surface area contributed by atoms with E-state index in [1.165, 1.54) is 0 Å². The van der Waals surface area contributed by atoms with Gasteiger partial charge >= 0.3 is 0 Å². The molecule has 1 aliphatic heterocycles. The van der Waals surface area contributed by atoms with Crippen LogP contribution < -0.4 is 0 Å². The van der Waals surface area contributed by atoms with E-state index in [1.807, 2.05) is 6.92 Å². The van der Waals surface area contributed by atoms with Gasteiger partial charge in [-0.1, -0.05) is 0 Å². The number of aromatic nitrogens is 1. The Morgan fingerprint density at radius 2 is 2.28 bits per heavy atom. The van der Waals surface area contributed by atoms with E-state index < -0.39 is 0 Å². The van der Waals surface area contributed by atoms with Crippen LogP contribution in [0.15, 0.2) is 4.42 Å². The number of morpholine rings is 1. The van der Waals surface area contributed by atoms with Gasteiger partial charge in [0.15, 0.2) is 5.89 Å². The minimum atomic E-state index is -0.325. The molecule has 0 aromatic carbocycles. The van der Waals surface area contributed by atoms with Gasteiger partial charge in [0.1, 0.15) is 0 Å². The van der Waals surface area contributed by atoms with Crippen LogP contribution in [0.5, 0.6) is 0 Å². The van der Waals surface area contributed by atoms with Crippen molar-refractivity contribution in [2.75, 3.05) is 19.8 Å². The summed E-state index contributed by atoms with van der Waals surface area (Å²) in [7, 11) is 0. The fraction of sp³-hybridized carbons (Fsp3) is 0.667. The first-order chi connectivity index (χ1) is 8.52. The summed E-state index contributed by atoms with van der Waals surface area (Å²) in [5, 5.41) is 9.11. The molecule has 2 heterocycles. The Morgan fingerprint density at radius 3 is 2.83 bits per heavy atom. The second-order valence-electron chi connectivity index (χ2n) is 4.59. The second-order valence-corrected chi connectivity index (χ2v) is 4.59. The summed E-state index contributed by atoms with van der Waals surface area (Å²) < 4.78 is 10.7. The van der Waals surface area contributed by atoms with Crippen LogP contribution >= 0.6 is 0 Å². The summed E-state index contributed by atoms with van der Waals surface area (Å²) in [5.74, 6) is 0.566. The van der Waals surface area contributed by atoms with Crippen molar-refractivity contribution in [2.24, 2.45) is 0 Å². The van der Waals surface area contributed by atoms with Crippen LogP contribution in [0.1, 0.15) is 29.1 Å². The highest BCUT2D eigenvalue weighted by Gasteiger charge is 2.32. The smallest absolute Gasteiger partial charge is 0.291 e. The topological polar surface area (TPSA) is 75.8 Å². The number of aliphatic hydroxyl groups is 1. The number of hydrogen-bond donors (Lipinski definition) is 1. The second kappa shape index (κ2) is 5.07.